The molecule has 0 atom stereocenters. The number of hydrogen-bond donors (Lipinski definition) is 2. The molecule has 1 heterocycles. The van der Waals surface area contributed by atoms with Gasteiger partial charge in [-0.25, -0.2) is 4.79 Å². The zero-order valence-corrected chi connectivity index (χ0v) is 11.0. The van der Waals surface area contributed by atoms with Crippen molar-refractivity contribution in [2.75, 3.05) is 5.32 Å². The first-order valence-electron chi connectivity index (χ1n) is 6.19. The Hall–Kier alpha value is -3.14. The van der Waals surface area contributed by atoms with Crippen molar-refractivity contribution in [2.45, 2.75) is 13.0 Å². The highest BCUT2D eigenvalue weighted by Crippen LogP contribution is 2.13. The fourth-order valence-corrected chi connectivity index (χ4v) is 1.74. The number of hydrogen-bond acceptors (Lipinski definition) is 4. The van der Waals surface area contributed by atoms with Crippen LogP contribution in [-0.2, 0) is 11.3 Å². The molecule has 0 unspecified atom stereocenters. The van der Waals surface area contributed by atoms with E-state index in [2.05, 4.69) is 10.3 Å². The summed E-state index contributed by atoms with van der Waals surface area (Å²) in [5.74, 6) is -0.323. The van der Waals surface area contributed by atoms with E-state index in [9.17, 15) is 14.4 Å². The first-order chi connectivity index (χ1) is 10.1. The number of para-hydroxylation sites is 1. The van der Waals surface area contributed by atoms with Gasteiger partial charge >= 0.3 is 5.69 Å². The van der Waals surface area contributed by atoms with Gasteiger partial charge < -0.3 is 9.88 Å². The van der Waals surface area contributed by atoms with Crippen molar-refractivity contribution in [3.05, 3.63) is 62.9 Å². The highest BCUT2D eigenvalue weighted by molar-refractivity contribution is 5.91. The Morgan fingerprint density at radius 1 is 1.29 bits per heavy atom. The number of aromatic amines is 1. The van der Waals surface area contributed by atoms with Crippen LogP contribution < -0.4 is 16.6 Å². The predicted octanol–water partition coefficient (Wildman–Crippen LogP) is 0.437. The van der Waals surface area contributed by atoms with Gasteiger partial charge in [0, 0.05) is 25.2 Å². The Morgan fingerprint density at radius 2 is 2.05 bits per heavy atom. The predicted molar refractivity (Wildman–Crippen MR) is 75.7 cm³/mol. The van der Waals surface area contributed by atoms with Crippen LogP contribution in [0.15, 0.2) is 46.1 Å². The molecule has 0 aliphatic carbocycles. The molecule has 2 N–H and O–H groups in total. The minimum absolute atomic E-state index is 0.0473. The zero-order valence-electron chi connectivity index (χ0n) is 11.0. The van der Waals surface area contributed by atoms with E-state index >= 15 is 0 Å². The Labute approximate surface area is 119 Å². The number of nitrogens with zero attached hydrogens (tertiary/aromatic N) is 2. The van der Waals surface area contributed by atoms with Crippen LogP contribution in [0.1, 0.15) is 12.0 Å². The summed E-state index contributed by atoms with van der Waals surface area (Å²) in [6.45, 7) is 0.135. The maximum Gasteiger partial charge on any atom is 0.328 e. The standard InChI is InChI=1S/C14H12N4O3/c15-9-10-3-1-2-4-11(10)16-12(19)5-7-18-8-6-13(20)17-14(18)21/h1-4,6,8H,5,7H2,(H,16,19)(H,17,20,21). The third-order valence-electron chi connectivity index (χ3n) is 2.80. The molecule has 1 aromatic carbocycles. The molecule has 0 saturated heterocycles. The summed E-state index contributed by atoms with van der Waals surface area (Å²) in [7, 11) is 0. The van der Waals surface area contributed by atoms with Crippen molar-refractivity contribution in [1.82, 2.24) is 9.55 Å². The number of aryl methyl sites for hydroxylation is 1. The molecule has 0 spiro atoms. The van der Waals surface area contributed by atoms with Gasteiger partial charge in [0.1, 0.15) is 6.07 Å². The fourth-order valence-electron chi connectivity index (χ4n) is 1.74. The highest BCUT2D eigenvalue weighted by Gasteiger charge is 2.07. The molecule has 1 aromatic heterocycles. The number of nitriles is 1. The minimum Gasteiger partial charge on any atom is -0.325 e. The summed E-state index contributed by atoms with van der Waals surface area (Å²) in [5, 5.41) is 11.5. The molecule has 0 fully saturated rings. The van der Waals surface area contributed by atoms with Crippen LogP contribution in [0.2, 0.25) is 0 Å². The fraction of sp³-hybridized carbons (Fsp3) is 0.143. The van der Waals surface area contributed by atoms with Crippen LogP contribution in [-0.4, -0.2) is 15.5 Å². The van der Waals surface area contributed by atoms with E-state index in [0.717, 1.165) is 0 Å². The molecule has 2 rings (SSSR count). The molecule has 0 bridgehead atoms. The van der Waals surface area contributed by atoms with Crippen LogP contribution >= 0.6 is 0 Å². The maximum absolute atomic E-state index is 11.8. The SMILES string of the molecule is N#Cc1ccccc1NC(=O)CCn1ccc(=O)[nH]c1=O. The molecular weight excluding hydrogens is 272 g/mol. The molecule has 0 saturated carbocycles. The largest absolute Gasteiger partial charge is 0.328 e. The van der Waals surface area contributed by atoms with E-state index in [1.165, 1.54) is 16.8 Å². The normalized spacial score (nSPS) is 9.86. The van der Waals surface area contributed by atoms with Gasteiger partial charge in [-0.1, -0.05) is 12.1 Å². The molecular formula is C14H12N4O3. The second-order valence-corrected chi connectivity index (χ2v) is 4.26. The van der Waals surface area contributed by atoms with Crippen molar-refractivity contribution in [3.63, 3.8) is 0 Å². The Morgan fingerprint density at radius 3 is 2.76 bits per heavy atom. The number of anilines is 1. The van der Waals surface area contributed by atoms with Gasteiger partial charge in [0.2, 0.25) is 5.91 Å². The number of amides is 1. The first-order valence-corrected chi connectivity index (χ1v) is 6.19. The second kappa shape index (κ2) is 6.34. The number of aromatic nitrogens is 2. The molecule has 0 radical (unpaired) electrons. The van der Waals surface area contributed by atoms with Gasteiger partial charge in [0.15, 0.2) is 0 Å². The van der Waals surface area contributed by atoms with Crippen molar-refractivity contribution >= 4 is 11.6 Å². The summed E-state index contributed by atoms with van der Waals surface area (Å²) in [6, 6.07) is 9.83. The van der Waals surface area contributed by atoms with Crippen molar-refractivity contribution in [2.24, 2.45) is 0 Å². The lowest BCUT2D eigenvalue weighted by atomic mass is 10.2. The average Bonchev–Trinajstić information content (AvgIpc) is 2.47. The summed E-state index contributed by atoms with van der Waals surface area (Å²) < 4.78 is 1.23. The van der Waals surface area contributed by atoms with E-state index in [-0.39, 0.29) is 18.9 Å². The monoisotopic (exact) mass is 284 g/mol. The summed E-state index contributed by atoms with van der Waals surface area (Å²) in [5.41, 5.74) is -0.248. The average molecular weight is 284 g/mol. The smallest absolute Gasteiger partial charge is 0.325 e. The second-order valence-electron chi connectivity index (χ2n) is 4.26. The Balaban J connectivity index is 2.01. The summed E-state index contributed by atoms with van der Waals surface area (Å²) in [4.78, 5) is 36.3. The number of H-pyrrole nitrogens is 1. The van der Waals surface area contributed by atoms with Crippen LogP contribution in [0.25, 0.3) is 0 Å². The van der Waals surface area contributed by atoms with Crippen LogP contribution in [0, 0.1) is 11.3 Å². The molecule has 7 heteroatoms. The number of carbonyl (C=O) groups is 1. The van der Waals surface area contributed by atoms with Crippen LogP contribution in [0.5, 0.6) is 0 Å². The van der Waals surface area contributed by atoms with Gasteiger partial charge in [0.25, 0.3) is 5.56 Å². The lowest BCUT2D eigenvalue weighted by Gasteiger charge is -2.07. The van der Waals surface area contributed by atoms with Gasteiger partial charge in [0.05, 0.1) is 11.3 Å². The van der Waals surface area contributed by atoms with E-state index < -0.39 is 11.2 Å². The Kier molecular flexibility index (Phi) is 4.31. The van der Waals surface area contributed by atoms with Gasteiger partial charge in [-0.05, 0) is 12.1 Å². The number of rotatable bonds is 4. The van der Waals surface area contributed by atoms with Crippen molar-refractivity contribution < 1.29 is 4.79 Å². The zero-order chi connectivity index (χ0) is 15.2. The molecule has 106 valence electrons. The quantitative estimate of drug-likeness (QED) is 0.849. The van der Waals surface area contributed by atoms with Gasteiger partial charge in [-0.15, -0.1) is 0 Å². The summed E-state index contributed by atoms with van der Waals surface area (Å²) in [6.07, 6.45) is 1.38. The minimum atomic E-state index is -0.562. The Bertz CT molecular complexity index is 814. The van der Waals surface area contributed by atoms with E-state index in [1.807, 2.05) is 6.07 Å². The summed E-state index contributed by atoms with van der Waals surface area (Å²) >= 11 is 0. The third kappa shape index (κ3) is 3.67. The highest BCUT2D eigenvalue weighted by atomic mass is 16.2. The molecule has 0 aliphatic heterocycles. The van der Waals surface area contributed by atoms with Crippen LogP contribution in [0.4, 0.5) is 5.69 Å². The van der Waals surface area contributed by atoms with Crippen LogP contribution in [0.3, 0.4) is 0 Å². The molecule has 7 nitrogen and oxygen atoms in total. The van der Waals surface area contributed by atoms with E-state index in [4.69, 9.17) is 5.26 Å². The number of benzene rings is 1. The lowest BCUT2D eigenvalue weighted by molar-refractivity contribution is -0.116. The van der Waals surface area contributed by atoms with Crippen molar-refractivity contribution in [3.8, 4) is 6.07 Å². The van der Waals surface area contributed by atoms with Gasteiger partial charge in [-0.3, -0.25) is 14.6 Å². The van der Waals surface area contributed by atoms with Gasteiger partial charge in [-0.2, -0.15) is 5.26 Å². The van der Waals surface area contributed by atoms with Crippen molar-refractivity contribution in [1.29, 1.82) is 5.26 Å². The molecule has 2 aromatic rings. The molecule has 1 amide bonds. The molecule has 21 heavy (non-hydrogen) atoms. The van der Waals surface area contributed by atoms with E-state index in [1.54, 1.807) is 24.3 Å². The maximum atomic E-state index is 11.8. The first kappa shape index (κ1) is 14.3. The third-order valence-corrected chi connectivity index (χ3v) is 2.80. The van der Waals surface area contributed by atoms with E-state index in [0.29, 0.717) is 11.3 Å². The lowest BCUT2D eigenvalue weighted by Crippen LogP contribution is -2.29. The number of nitrogens with one attached hydrogen (secondary N) is 2. The topological polar surface area (TPSA) is 108 Å². The number of carbonyl (C=O) groups excluding carboxylic acids is 1. The molecule has 0 aliphatic rings.